The number of ether oxygens (including phenoxy) is 1. The topological polar surface area (TPSA) is 83.5 Å². The predicted octanol–water partition coefficient (Wildman–Crippen LogP) is 3.69. The van der Waals surface area contributed by atoms with Crippen molar-refractivity contribution < 1.29 is 9.53 Å². The van der Waals surface area contributed by atoms with Crippen molar-refractivity contribution in [1.29, 1.82) is 0 Å². The standard InChI is InChI=1S/C27H29N5O3/c1-18-5-7-21(15-19(18)2)32-26(33)10-9-25(29-32)30-11-4-12-31(14-13-30)27(34)24-16-20-6-8-22(35-3)17-23(20)28-24/h5-10,15-17,28H,4,11-14H2,1-3H3. The van der Waals surface area contributed by atoms with Gasteiger partial charge in [0.05, 0.1) is 12.8 Å². The zero-order chi connectivity index (χ0) is 24.5. The van der Waals surface area contributed by atoms with Crippen LogP contribution in [0, 0.1) is 13.8 Å². The molecule has 0 saturated carbocycles. The summed E-state index contributed by atoms with van der Waals surface area (Å²) in [5, 5.41) is 5.64. The Kier molecular flexibility index (Phi) is 6.03. The van der Waals surface area contributed by atoms with E-state index in [0.717, 1.165) is 46.7 Å². The molecule has 35 heavy (non-hydrogen) atoms. The molecule has 0 bridgehead atoms. The number of fused-ring (bicyclic) bond motifs is 1. The van der Waals surface area contributed by atoms with E-state index < -0.39 is 0 Å². The van der Waals surface area contributed by atoms with Crippen molar-refractivity contribution in [3.05, 3.63) is 81.8 Å². The Bertz CT molecular complexity index is 1450. The normalized spacial score (nSPS) is 14.3. The lowest BCUT2D eigenvalue weighted by atomic mass is 10.1. The van der Waals surface area contributed by atoms with Crippen LogP contribution in [0.3, 0.4) is 0 Å². The highest BCUT2D eigenvalue weighted by atomic mass is 16.5. The molecule has 0 radical (unpaired) electrons. The Balaban J connectivity index is 1.34. The molecule has 180 valence electrons. The van der Waals surface area contributed by atoms with E-state index >= 15 is 0 Å². The summed E-state index contributed by atoms with van der Waals surface area (Å²) in [5.41, 5.74) is 4.32. The monoisotopic (exact) mass is 471 g/mol. The zero-order valence-corrected chi connectivity index (χ0v) is 20.2. The number of aromatic nitrogens is 3. The van der Waals surface area contributed by atoms with Crippen LogP contribution in [-0.2, 0) is 0 Å². The summed E-state index contributed by atoms with van der Waals surface area (Å²) in [7, 11) is 1.63. The molecule has 8 nitrogen and oxygen atoms in total. The highest BCUT2D eigenvalue weighted by Gasteiger charge is 2.23. The van der Waals surface area contributed by atoms with E-state index in [1.807, 2.05) is 61.2 Å². The van der Waals surface area contributed by atoms with Gasteiger partial charge in [0.25, 0.3) is 11.5 Å². The zero-order valence-electron chi connectivity index (χ0n) is 20.2. The Morgan fingerprint density at radius 2 is 1.80 bits per heavy atom. The fraction of sp³-hybridized carbons (Fsp3) is 0.296. The third kappa shape index (κ3) is 4.51. The largest absolute Gasteiger partial charge is 0.497 e. The maximum atomic E-state index is 13.2. The molecule has 0 aliphatic carbocycles. The molecule has 1 saturated heterocycles. The number of benzene rings is 2. The van der Waals surface area contributed by atoms with Crippen molar-refractivity contribution in [2.75, 3.05) is 38.2 Å². The van der Waals surface area contributed by atoms with Crippen molar-refractivity contribution in [2.24, 2.45) is 0 Å². The second-order valence-electron chi connectivity index (χ2n) is 8.98. The van der Waals surface area contributed by atoms with Gasteiger partial charge in [-0.05, 0) is 67.8 Å². The first-order valence-corrected chi connectivity index (χ1v) is 11.8. The Morgan fingerprint density at radius 3 is 2.60 bits per heavy atom. The van der Waals surface area contributed by atoms with E-state index in [0.29, 0.717) is 25.3 Å². The number of carbonyl (C=O) groups is 1. The quantitative estimate of drug-likeness (QED) is 0.491. The van der Waals surface area contributed by atoms with Crippen molar-refractivity contribution in [3.63, 3.8) is 0 Å². The van der Waals surface area contributed by atoms with Crippen LogP contribution in [-0.4, -0.2) is 58.9 Å². The van der Waals surface area contributed by atoms with E-state index in [4.69, 9.17) is 4.74 Å². The van der Waals surface area contributed by atoms with Gasteiger partial charge in [-0.15, -0.1) is 5.10 Å². The Hall–Kier alpha value is -4.07. The number of aryl methyl sites for hydroxylation is 2. The minimum absolute atomic E-state index is 0.0184. The molecular formula is C27H29N5O3. The third-order valence-corrected chi connectivity index (χ3v) is 6.69. The van der Waals surface area contributed by atoms with Crippen molar-refractivity contribution in [3.8, 4) is 11.4 Å². The van der Waals surface area contributed by atoms with Crippen LogP contribution in [0.4, 0.5) is 5.82 Å². The summed E-state index contributed by atoms with van der Waals surface area (Å²) in [4.78, 5) is 33.0. The minimum atomic E-state index is -0.168. The van der Waals surface area contributed by atoms with Crippen molar-refractivity contribution in [1.82, 2.24) is 19.7 Å². The van der Waals surface area contributed by atoms with E-state index in [9.17, 15) is 9.59 Å². The fourth-order valence-corrected chi connectivity index (χ4v) is 4.48. The number of nitrogens with zero attached hydrogens (tertiary/aromatic N) is 4. The van der Waals surface area contributed by atoms with E-state index in [1.54, 1.807) is 19.2 Å². The number of methoxy groups -OCH3 is 1. The molecule has 1 aliphatic heterocycles. The number of amides is 1. The summed E-state index contributed by atoms with van der Waals surface area (Å²) in [6.45, 7) is 6.69. The fourth-order valence-electron chi connectivity index (χ4n) is 4.48. The molecule has 0 unspecified atom stereocenters. The molecular weight excluding hydrogens is 442 g/mol. The minimum Gasteiger partial charge on any atom is -0.497 e. The second-order valence-corrected chi connectivity index (χ2v) is 8.98. The molecule has 1 N–H and O–H groups in total. The average molecular weight is 472 g/mol. The smallest absolute Gasteiger partial charge is 0.271 e. The third-order valence-electron chi connectivity index (χ3n) is 6.69. The number of hydrogen-bond donors (Lipinski definition) is 1. The molecule has 2 aromatic carbocycles. The van der Waals surface area contributed by atoms with Gasteiger partial charge in [-0.3, -0.25) is 9.59 Å². The van der Waals surface area contributed by atoms with E-state index in [1.165, 1.54) is 10.2 Å². The van der Waals surface area contributed by atoms with Crippen molar-refractivity contribution in [2.45, 2.75) is 20.3 Å². The summed E-state index contributed by atoms with van der Waals surface area (Å²) in [5.74, 6) is 1.46. The Morgan fingerprint density at radius 1 is 0.943 bits per heavy atom. The van der Waals surface area contributed by atoms with Crippen LogP contribution < -0.4 is 15.2 Å². The van der Waals surface area contributed by atoms with Gasteiger partial charge in [0, 0.05) is 49.2 Å². The van der Waals surface area contributed by atoms with Crippen LogP contribution in [0.5, 0.6) is 5.75 Å². The molecule has 3 heterocycles. The molecule has 2 aromatic heterocycles. The second kappa shape index (κ2) is 9.29. The molecule has 1 aliphatic rings. The lowest BCUT2D eigenvalue weighted by Crippen LogP contribution is -2.36. The number of anilines is 1. The first kappa shape index (κ1) is 22.7. The Labute approximate surface area is 203 Å². The molecule has 0 spiro atoms. The maximum Gasteiger partial charge on any atom is 0.271 e. The molecule has 8 heteroatoms. The molecule has 5 rings (SSSR count). The highest BCUT2D eigenvalue weighted by molar-refractivity contribution is 5.98. The molecule has 0 atom stereocenters. The predicted molar refractivity (Wildman–Crippen MR) is 137 cm³/mol. The van der Waals surface area contributed by atoms with Gasteiger partial charge >= 0.3 is 0 Å². The summed E-state index contributed by atoms with van der Waals surface area (Å²) in [6, 6.07) is 16.8. The van der Waals surface area contributed by atoms with Crippen LogP contribution in [0.15, 0.2) is 59.4 Å². The summed E-state index contributed by atoms with van der Waals surface area (Å²) in [6.07, 6.45) is 0.810. The van der Waals surface area contributed by atoms with Crippen LogP contribution in [0.1, 0.15) is 28.0 Å². The van der Waals surface area contributed by atoms with Crippen LogP contribution >= 0.6 is 0 Å². The summed E-state index contributed by atoms with van der Waals surface area (Å²) < 4.78 is 6.74. The number of hydrogen-bond acceptors (Lipinski definition) is 5. The summed E-state index contributed by atoms with van der Waals surface area (Å²) >= 11 is 0. The number of rotatable bonds is 4. The average Bonchev–Trinajstić information content (AvgIpc) is 3.14. The molecule has 1 fully saturated rings. The van der Waals surface area contributed by atoms with Gasteiger partial charge in [0.1, 0.15) is 17.3 Å². The van der Waals surface area contributed by atoms with E-state index in [2.05, 4.69) is 15.0 Å². The van der Waals surface area contributed by atoms with Crippen LogP contribution in [0.25, 0.3) is 16.6 Å². The lowest BCUT2D eigenvalue weighted by molar-refractivity contribution is 0.0762. The van der Waals surface area contributed by atoms with Gasteiger partial charge in [-0.25, -0.2) is 0 Å². The number of H-pyrrole nitrogens is 1. The lowest BCUT2D eigenvalue weighted by Gasteiger charge is -2.23. The maximum absolute atomic E-state index is 13.2. The highest BCUT2D eigenvalue weighted by Crippen LogP contribution is 2.23. The molecule has 4 aromatic rings. The SMILES string of the molecule is COc1ccc2cc(C(=O)N3CCCN(c4ccc(=O)n(-c5ccc(C)c(C)c5)n4)CC3)[nH]c2c1. The van der Waals surface area contributed by atoms with Gasteiger partial charge in [0.2, 0.25) is 0 Å². The number of aromatic amines is 1. The molecule has 1 amide bonds. The van der Waals surface area contributed by atoms with Gasteiger partial charge in [-0.2, -0.15) is 4.68 Å². The van der Waals surface area contributed by atoms with Gasteiger partial charge in [0.15, 0.2) is 0 Å². The van der Waals surface area contributed by atoms with Gasteiger partial charge in [-0.1, -0.05) is 6.07 Å². The first-order chi connectivity index (χ1) is 16.9. The van der Waals surface area contributed by atoms with Crippen LogP contribution in [0.2, 0.25) is 0 Å². The van der Waals surface area contributed by atoms with Gasteiger partial charge < -0.3 is 19.5 Å². The van der Waals surface area contributed by atoms with Crippen molar-refractivity contribution >= 4 is 22.6 Å². The van der Waals surface area contributed by atoms with E-state index in [-0.39, 0.29) is 11.5 Å². The number of nitrogens with one attached hydrogen (secondary N) is 1. The first-order valence-electron chi connectivity index (χ1n) is 11.8. The number of carbonyl (C=O) groups excluding carboxylic acids is 1.